The van der Waals surface area contributed by atoms with Crippen LogP contribution in [0.4, 0.5) is 0 Å². The van der Waals surface area contributed by atoms with Crippen molar-refractivity contribution in [2.24, 2.45) is 0 Å². The maximum Gasteiger partial charge on any atom is 0.253 e. The lowest BCUT2D eigenvalue weighted by atomic mass is 9.88. The van der Waals surface area contributed by atoms with Gasteiger partial charge in [0.05, 0.1) is 26.4 Å². The van der Waals surface area contributed by atoms with Crippen molar-refractivity contribution in [1.82, 2.24) is 19.4 Å². The smallest absolute Gasteiger partial charge is 0.253 e. The van der Waals surface area contributed by atoms with Gasteiger partial charge in [-0.15, -0.1) is 0 Å². The molecule has 5 rings (SSSR count). The van der Waals surface area contributed by atoms with Gasteiger partial charge in [-0.05, 0) is 17.7 Å². The van der Waals surface area contributed by atoms with Crippen molar-refractivity contribution in [3.8, 4) is 0 Å². The Morgan fingerprint density at radius 3 is 2.52 bits per heavy atom. The van der Waals surface area contributed by atoms with Crippen molar-refractivity contribution >= 4 is 11.8 Å². The number of ether oxygens (including phenoxy) is 3. The van der Waals surface area contributed by atoms with E-state index in [-0.39, 0.29) is 11.8 Å². The summed E-state index contributed by atoms with van der Waals surface area (Å²) >= 11 is 0. The van der Waals surface area contributed by atoms with Gasteiger partial charge in [-0.3, -0.25) is 9.59 Å². The van der Waals surface area contributed by atoms with Crippen LogP contribution in [0.3, 0.4) is 0 Å². The Morgan fingerprint density at radius 1 is 1.09 bits per heavy atom. The number of carbonyl (C=O) groups excluding carboxylic acids is 2. The molecule has 3 aliphatic rings. The first-order chi connectivity index (χ1) is 16.1. The standard InChI is InChI=1S/C24H30N4O5/c1-31-17-18-2-4-19(5-3-18)21(29)26-9-6-24(7-10-26)23-25-8-11-28(23)16-20(33-24)22(30)27-12-14-32-15-13-27/h2-5,8,11,20H,6-7,9-10,12-17H2,1H3. The molecule has 4 heterocycles. The van der Waals surface area contributed by atoms with Gasteiger partial charge in [0.2, 0.25) is 0 Å². The second kappa shape index (κ2) is 9.24. The lowest BCUT2D eigenvalue weighted by Gasteiger charge is -2.46. The molecule has 1 unspecified atom stereocenters. The summed E-state index contributed by atoms with van der Waals surface area (Å²) in [6, 6.07) is 7.54. The second-order valence-electron chi connectivity index (χ2n) is 8.86. The molecule has 9 nitrogen and oxygen atoms in total. The van der Waals surface area contributed by atoms with Crippen LogP contribution in [0.5, 0.6) is 0 Å². The normalized spacial score (nSPS) is 22.3. The molecule has 3 aliphatic heterocycles. The number of benzene rings is 1. The number of likely N-dealkylation sites (tertiary alicyclic amines) is 1. The van der Waals surface area contributed by atoms with Crippen LogP contribution in [0.2, 0.25) is 0 Å². The number of carbonyl (C=O) groups is 2. The van der Waals surface area contributed by atoms with Crippen LogP contribution in [0.1, 0.15) is 34.6 Å². The molecule has 33 heavy (non-hydrogen) atoms. The summed E-state index contributed by atoms with van der Waals surface area (Å²) in [5.74, 6) is 0.866. The summed E-state index contributed by atoms with van der Waals surface area (Å²) in [4.78, 5) is 34.5. The van der Waals surface area contributed by atoms with Crippen LogP contribution in [-0.2, 0) is 37.8 Å². The molecular formula is C24H30N4O5. The number of hydrogen-bond donors (Lipinski definition) is 0. The lowest BCUT2D eigenvalue weighted by molar-refractivity contribution is -0.182. The van der Waals surface area contributed by atoms with Gasteiger partial charge in [0.15, 0.2) is 6.10 Å². The molecule has 1 atom stereocenters. The Balaban J connectivity index is 1.29. The van der Waals surface area contributed by atoms with Crippen molar-refractivity contribution in [1.29, 1.82) is 0 Å². The average Bonchev–Trinajstić information content (AvgIpc) is 3.35. The van der Waals surface area contributed by atoms with E-state index in [4.69, 9.17) is 14.2 Å². The summed E-state index contributed by atoms with van der Waals surface area (Å²) in [5, 5.41) is 0. The van der Waals surface area contributed by atoms with E-state index in [2.05, 4.69) is 4.98 Å². The zero-order valence-electron chi connectivity index (χ0n) is 18.9. The van der Waals surface area contributed by atoms with Crippen molar-refractivity contribution in [3.63, 3.8) is 0 Å². The molecule has 1 aromatic heterocycles. The van der Waals surface area contributed by atoms with Gasteiger partial charge in [0.1, 0.15) is 11.4 Å². The van der Waals surface area contributed by atoms with Crippen LogP contribution < -0.4 is 0 Å². The fourth-order valence-electron chi connectivity index (χ4n) is 5.02. The Morgan fingerprint density at radius 2 is 1.82 bits per heavy atom. The second-order valence-corrected chi connectivity index (χ2v) is 8.86. The molecule has 0 radical (unpaired) electrons. The number of aromatic nitrogens is 2. The van der Waals surface area contributed by atoms with Crippen molar-refractivity contribution < 1.29 is 23.8 Å². The number of fused-ring (bicyclic) bond motifs is 2. The third kappa shape index (κ3) is 4.28. The van der Waals surface area contributed by atoms with Crippen LogP contribution in [0.15, 0.2) is 36.7 Å². The Labute approximate surface area is 193 Å². The Kier molecular flexibility index (Phi) is 6.18. The summed E-state index contributed by atoms with van der Waals surface area (Å²) in [6.07, 6.45) is 4.33. The highest BCUT2D eigenvalue weighted by molar-refractivity contribution is 5.94. The third-order valence-corrected chi connectivity index (χ3v) is 6.82. The average molecular weight is 455 g/mol. The first-order valence-corrected chi connectivity index (χ1v) is 11.5. The van der Waals surface area contributed by atoms with E-state index >= 15 is 0 Å². The number of hydrogen-bond acceptors (Lipinski definition) is 6. The van der Waals surface area contributed by atoms with E-state index < -0.39 is 11.7 Å². The lowest BCUT2D eigenvalue weighted by Crippen LogP contribution is -2.56. The highest BCUT2D eigenvalue weighted by atomic mass is 16.5. The number of rotatable bonds is 4. The Bertz CT molecular complexity index is 991. The SMILES string of the molecule is COCc1ccc(C(=O)N2CCC3(CC2)OC(C(=O)N2CCOCC2)Cn2ccnc23)cc1. The molecule has 9 heteroatoms. The Hall–Kier alpha value is -2.75. The van der Waals surface area contributed by atoms with E-state index in [9.17, 15) is 9.59 Å². The van der Waals surface area contributed by atoms with Crippen LogP contribution >= 0.6 is 0 Å². The van der Waals surface area contributed by atoms with E-state index in [1.165, 1.54) is 0 Å². The van der Waals surface area contributed by atoms with Crippen LogP contribution in [0, 0.1) is 0 Å². The van der Waals surface area contributed by atoms with Crippen molar-refractivity contribution in [3.05, 3.63) is 53.6 Å². The molecule has 2 saturated heterocycles. The van der Waals surface area contributed by atoms with Crippen LogP contribution in [-0.4, -0.2) is 83.8 Å². The first-order valence-electron chi connectivity index (χ1n) is 11.5. The summed E-state index contributed by atoms with van der Waals surface area (Å²) in [5.41, 5.74) is 1.04. The zero-order valence-corrected chi connectivity index (χ0v) is 18.9. The van der Waals surface area contributed by atoms with Gasteiger partial charge < -0.3 is 28.6 Å². The molecule has 2 fully saturated rings. The predicted molar refractivity (Wildman–Crippen MR) is 118 cm³/mol. The molecule has 0 saturated carbocycles. The summed E-state index contributed by atoms with van der Waals surface area (Å²) in [7, 11) is 1.65. The zero-order chi connectivity index (χ0) is 22.8. The van der Waals surface area contributed by atoms with Gasteiger partial charge in [-0.1, -0.05) is 12.1 Å². The maximum atomic E-state index is 13.2. The predicted octanol–water partition coefficient (Wildman–Crippen LogP) is 1.42. The molecule has 1 aromatic carbocycles. The maximum absolute atomic E-state index is 13.2. The van der Waals surface area contributed by atoms with Crippen molar-refractivity contribution in [2.75, 3.05) is 46.5 Å². The molecular weight excluding hydrogens is 424 g/mol. The quantitative estimate of drug-likeness (QED) is 0.695. The largest absolute Gasteiger partial charge is 0.380 e. The van der Waals surface area contributed by atoms with E-state index in [0.29, 0.717) is 70.9 Å². The number of piperidine rings is 1. The monoisotopic (exact) mass is 454 g/mol. The van der Waals surface area contributed by atoms with Gasteiger partial charge in [0.25, 0.3) is 11.8 Å². The van der Waals surface area contributed by atoms with Crippen LogP contribution in [0.25, 0.3) is 0 Å². The fourth-order valence-corrected chi connectivity index (χ4v) is 5.02. The summed E-state index contributed by atoms with van der Waals surface area (Å²) in [6.45, 7) is 4.38. The number of nitrogens with zero attached hydrogens (tertiary/aromatic N) is 4. The molecule has 1 spiro atoms. The molecule has 0 N–H and O–H groups in total. The first kappa shape index (κ1) is 22.1. The number of amides is 2. The molecule has 0 aliphatic carbocycles. The highest BCUT2D eigenvalue weighted by Gasteiger charge is 2.48. The van der Waals surface area contributed by atoms with E-state index in [0.717, 1.165) is 11.4 Å². The van der Waals surface area contributed by atoms with Gasteiger partial charge >= 0.3 is 0 Å². The number of methoxy groups -OCH3 is 1. The third-order valence-electron chi connectivity index (χ3n) is 6.82. The van der Waals surface area contributed by atoms with Gasteiger partial charge in [-0.25, -0.2) is 4.98 Å². The molecule has 176 valence electrons. The molecule has 0 bridgehead atoms. The molecule has 2 amide bonds. The minimum Gasteiger partial charge on any atom is -0.380 e. The van der Waals surface area contributed by atoms with E-state index in [1.54, 1.807) is 13.3 Å². The van der Waals surface area contributed by atoms with Gasteiger partial charge in [0, 0.05) is 64.1 Å². The number of morpholine rings is 1. The van der Waals surface area contributed by atoms with Crippen molar-refractivity contribution in [2.45, 2.75) is 37.7 Å². The minimum absolute atomic E-state index is 0.00618. The highest BCUT2D eigenvalue weighted by Crippen LogP contribution is 2.40. The van der Waals surface area contributed by atoms with E-state index in [1.807, 2.05) is 44.8 Å². The number of imidazole rings is 1. The van der Waals surface area contributed by atoms with Gasteiger partial charge in [-0.2, -0.15) is 0 Å². The summed E-state index contributed by atoms with van der Waals surface area (Å²) < 4.78 is 19.1. The fraction of sp³-hybridized carbons (Fsp3) is 0.542. The minimum atomic E-state index is -0.659. The topological polar surface area (TPSA) is 86.1 Å². The molecule has 2 aromatic rings.